The Balaban J connectivity index is 1.78. The molecule has 0 radical (unpaired) electrons. The molecule has 33 heavy (non-hydrogen) atoms. The molecular weight excluding hydrogens is 567 g/mol. The van der Waals surface area contributed by atoms with Crippen molar-refractivity contribution in [2.24, 2.45) is 0 Å². The van der Waals surface area contributed by atoms with E-state index in [0.29, 0.717) is 17.8 Å². The first-order valence-corrected chi connectivity index (χ1v) is 13.1. The van der Waals surface area contributed by atoms with Gasteiger partial charge < -0.3 is 20.1 Å². The van der Waals surface area contributed by atoms with E-state index >= 15 is 0 Å². The third-order valence-electron chi connectivity index (χ3n) is 5.17. The van der Waals surface area contributed by atoms with Crippen molar-refractivity contribution in [2.45, 2.75) is 32.0 Å². The molecule has 180 valence electrons. The number of aliphatic hydroxyl groups is 1. The zero-order chi connectivity index (χ0) is 24.2. The number of halogens is 3. The fraction of sp³-hybridized carbons (Fsp3) is 0.364. The van der Waals surface area contributed by atoms with Crippen LogP contribution in [0, 0.1) is 15.2 Å². The molecule has 11 heteroatoms. The second-order valence-corrected chi connectivity index (χ2v) is 10.9. The minimum Gasteiger partial charge on any atom is -0.456 e. The predicted octanol–water partition coefficient (Wildman–Crippen LogP) is 2.66. The molecule has 0 aromatic heterocycles. The highest BCUT2D eigenvalue weighted by Crippen LogP contribution is 2.25. The molecule has 3 rings (SSSR count). The summed E-state index contributed by atoms with van der Waals surface area (Å²) in [5.41, 5.74) is 1.89. The maximum Gasteiger partial charge on any atom is 0.232 e. The number of hydrogen-bond acceptors (Lipinski definition) is 6. The Kier molecular flexibility index (Phi) is 8.54. The molecule has 7 nitrogen and oxygen atoms in total. The van der Waals surface area contributed by atoms with E-state index in [9.17, 15) is 22.3 Å². The number of hydrogen-bond donors (Lipinski definition) is 3. The van der Waals surface area contributed by atoms with Gasteiger partial charge in [0.25, 0.3) is 0 Å². The Morgan fingerprint density at radius 3 is 2.52 bits per heavy atom. The van der Waals surface area contributed by atoms with Crippen LogP contribution >= 0.6 is 22.6 Å². The summed E-state index contributed by atoms with van der Waals surface area (Å²) in [4.78, 5) is 1.69. The summed E-state index contributed by atoms with van der Waals surface area (Å²) in [6.07, 6.45) is 0.180. The molecule has 0 spiro atoms. The molecule has 3 N–H and O–H groups in total. The number of sulfonamides is 1. The summed E-state index contributed by atoms with van der Waals surface area (Å²) in [5, 5.41) is 14.2. The number of benzene rings is 2. The molecule has 0 bridgehead atoms. The lowest BCUT2D eigenvalue weighted by atomic mass is 9.99. The summed E-state index contributed by atoms with van der Waals surface area (Å²) < 4.78 is 59.7. The van der Waals surface area contributed by atoms with E-state index in [0.717, 1.165) is 21.5 Å². The Hall–Kier alpha value is -1.96. The molecule has 0 fully saturated rings. The molecule has 0 unspecified atom stereocenters. The van der Waals surface area contributed by atoms with E-state index in [1.807, 2.05) is 24.3 Å². The van der Waals surface area contributed by atoms with Crippen molar-refractivity contribution in [1.29, 1.82) is 0 Å². The molecule has 2 atom stereocenters. The fourth-order valence-electron chi connectivity index (χ4n) is 3.65. The normalized spacial score (nSPS) is 16.0. The Bertz CT molecular complexity index is 1110. The Morgan fingerprint density at radius 2 is 1.88 bits per heavy atom. The molecule has 2 aromatic carbocycles. The molecule has 1 aliphatic rings. The SMILES string of the molecule is CC1=C(NS(C)(=O)=O)OCN1[C@@H](Cc1cc(F)cc(F)c1)[C@H](O)CNCc1cccc(I)c1. The highest BCUT2D eigenvalue weighted by molar-refractivity contribution is 14.1. The highest BCUT2D eigenvalue weighted by atomic mass is 127. The van der Waals surface area contributed by atoms with Crippen LogP contribution in [0.4, 0.5) is 8.78 Å². The number of nitrogens with zero attached hydrogens (tertiary/aromatic N) is 1. The highest BCUT2D eigenvalue weighted by Gasteiger charge is 2.33. The summed E-state index contributed by atoms with van der Waals surface area (Å²) in [5.74, 6) is -1.36. The fourth-order valence-corrected chi connectivity index (χ4v) is 4.80. The molecule has 0 amide bonds. The standard InChI is InChI=1S/C22H26F2IN3O4S/c1-14-22(27-33(2,30)31)32-13-28(14)20(9-16-6-17(23)10-18(24)7-16)21(29)12-26-11-15-4-3-5-19(25)8-15/h3-8,10,20-21,26-27,29H,9,11-13H2,1-2H3/t20-,21+/m0/s1. The minimum absolute atomic E-state index is 0.0138. The Morgan fingerprint density at radius 1 is 1.18 bits per heavy atom. The van der Waals surface area contributed by atoms with Crippen molar-refractivity contribution in [3.05, 3.63) is 80.4 Å². The van der Waals surface area contributed by atoms with Gasteiger partial charge in [0.1, 0.15) is 11.6 Å². The van der Waals surface area contributed by atoms with Gasteiger partial charge in [-0.25, -0.2) is 17.2 Å². The number of rotatable bonds is 10. The van der Waals surface area contributed by atoms with E-state index in [1.54, 1.807) is 11.8 Å². The number of allylic oxidation sites excluding steroid dienone is 1. The van der Waals surface area contributed by atoms with Crippen molar-refractivity contribution in [3.63, 3.8) is 0 Å². The first-order chi connectivity index (χ1) is 15.5. The van der Waals surface area contributed by atoms with Crippen molar-refractivity contribution >= 4 is 32.6 Å². The average Bonchev–Trinajstić information content (AvgIpc) is 3.04. The third kappa shape index (κ3) is 7.52. The summed E-state index contributed by atoms with van der Waals surface area (Å²) in [6.45, 7) is 2.37. The third-order valence-corrected chi connectivity index (χ3v) is 6.40. The predicted molar refractivity (Wildman–Crippen MR) is 129 cm³/mol. The number of aliphatic hydroxyl groups excluding tert-OH is 1. The number of nitrogens with one attached hydrogen (secondary N) is 2. The average molecular weight is 593 g/mol. The van der Waals surface area contributed by atoms with Crippen LogP contribution in [0.25, 0.3) is 0 Å². The largest absolute Gasteiger partial charge is 0.456 e. The van der Waals surface area contributed by atoms with Gasteiger partial charge in [0.2, 0.25) is 15.9 Å². The second kappa shape index (κ2) is 11.0. The lowest BCUT2D eigenvalue weighted by Gasteiger charge is -2.33. The van der Waals surface area contributed by atoms with Crippen LogP contribution in [0.1, 0.15) is 18.1 Å². The van der Waals surface area contributed by atoms with Crippen molar-refractivity contribution in [2.75, 3.05) is 19.5 Å². The van der Waals surface area contributed by atoms with E-state index < -0.39 is 33.8 Å². The van der Waals surface area contributed by atoms with Crippen LogP contribution in [0.5, 0.6) is 0 Å². The smallest absolute Gasteiger partial charge is 0.232 e. The second-order valence-electron chi connectivity index (χ2n) is 7.91. The molecular formula is C22H26F2IN3O4S. The van der Waals surface area contributed by atoms with Crippen molar-refractivity contribution in [3.8, 4) is 0 Å². The van der Waals surface area contributed by atoms with Crippen LogP contribution in [-0.2, 0) is 27.7 Å². The first-order valence-electron chi connectivity index (χ1n) is 10.2. The lowest BCUT2D eigenvalue weighted by Crippen LogP contribution is -2.47. The minimum atomic E-state index is -3.56. The number of ether oxygens (including phenoxy) is 1. The van der Waals surface area contributed by atoms with Crippen LogP contribution in [0.2, 0.25) is 0 Å². The first kappa shape index (κ1) is 25.7. The van der Waals surface area contributed by atoms with Gasteiger partial charge in [-0.15, -0.1) is 0 Å². The van der Waals surface area contributed by atoms with Gasteiger partial charge in [0, 0.05) is 22.7 Å². The molecule has 1 heterocycles. The van der Waals surface area contributed by atoms with Crippen LogP contribution in [0.3, 0.4) is 0 Å². The van der Waals surface area contributed by atoms with Gasteiger partial charge in [0.15, 0.2) is 6.73 Å². The van der Waals surface area contributed by atoms with Crippen molar-refractivity contribution < 1.29 is 27.0 Å². The van der Waals surface area contributed by atoms with Crippen LogP contribution < -0.4 is 10.0 Å². The molecule has 0 saturated heterocycles. The molecule has 0 aliphatic carbocycles. The van der Waals surface area contributed by atoms with Gasteiger partial charge in [-0.05, 0) is 71.3 Å². The van der Waals surface area contributed by atoms with E-state index in [2.05, 4.69) is 32.6 Å². The lowest BCUT2D eigenvalue weighted by molar-refractivity contribution is 0.0345. The zero-order valence-corrected chi connectivity index (χ0v) is 21.2. The maximum absolute atomic E-state index is 13.8. The van der Waals surface area contributed by atoms with E-state index in [-0.39, 0.29) is 25.6 Å². The van der Waals surface area contributed by atoms with E-state index in [4.69, 9.17) is 4.74 Å². The quantitative estimate of drug-likeness (QED) is 0.368. The van der Waals surface area contributed by atoms with Gasteiger partial charge in [-0.2, -0.15) is 0 Å². The van der Waals surface area contributed by atoms with Crippen LogP contribution in [-0.4, -0.2) is 50.1 Å². The maximum atomic E-state index is 13.8. The van der Waals surface area contributed by atoms with Crippen LogP contribution in [0.15, 0.2) is 54.0 Å². The summed E-state index contributed by atoms with van der Waals surface area (Å²) in [6, 6.07) is 10.5. The van der Waals surface area contributed by atoms with Gasteiger partial charge in [-0.1, -0.05) is 12.1 Å². The monoisotopic (exact) mass is 593 g/mol. The van der Waals surface area contributed by atoms with E-state index in [1.165, 1.54) is 12.1 Å². The van der Waals surface area contributed by atoms with Gasteiger partial charge in [-0.3, -0.25) is 4.72 Å². The summed E-state index contributed by atoms with van der Waals surface area (Å²) >= 11 is 2.22. The van der Waals surface area contributed by atoms with Gasteiger partial charge in [0.05, 0.1) is 24.1 Å². The molecule has 0 saturated carbocycles. The van der Waals surface area contributed by atoms with Crippen molar-refractivity contribution in [1.82, 2.24) is 14.9 Å². The zero-order valence-electron chi connectivity index (χ0n) is 18.2. The molecule has 2 aromatic rings. The summed E-state index contributed by atoms with van der Waals surface area (Å²) in [7, 11) is -3.56. The van der Waals surface area contributed by atoms with Gasteiger partial charge >= 0.3 is 0 Å². The molecule has 1 aliphatic heterocycles. The Labute approximate surface area is 206 Å². The topological polar surface area (TPSA) is 90.9 Å².